The minimum atomic E-state index is 0.0983. The van der Waals surface area contributed by atoms with Gasteiger partial charge < -0.3 is 19.3 Å². The molecule has 22 heavy (non-hydrogen) atoms. The van der Waals surface area contributed by atoms with Gasteiger partial charge in [0.25, 0.3) is 0 Å². The lowest BCUT2D eigenvalue weighted by Crippen LogP contribution is -2.32. The van der Waals surface area contributed by atoms with E-state index < -0.39 is 0 Å². The van der Waals surface area contributed by atoms with E-state index in [2.05, 4.69) is 11.8 Å². The van der Waals surface area contributed by atoms with E-state index in [0.717, 1.165) is 45.9 Å². The van der Waals surface area contributed by atoms with Crippen molar-refractivity contribution in [2.45, 2.75) is 45.4 Å². The Hall–Kier alpha value is -0.200. The molecule has 0 amide bonds. The largest absolute Gasteiger partial charge is 0.394 e. The summed E-state index contributed by atoms with van der Waals surface area (Å²) in [6, 6.07) is 0. The molecule has 0 aromatic carbocycles. The van der Waals surface area contributed by atoms with Crippen molar-refractivity contribution in [1.82, 2.24) is 4.90 Å². The molecule has 0 aromatic rings. The lowest BCUT2D eigenvalue weighted by atomic mass is 10.1. The van der Waals surface area contributed by atoms with Crippen molar-refractivity contribution in [3.8, 4) is 0 Å². The second-order valence-electron chi connectivity index (χ2n) is 5.55. The smallest absolute Gasteiger partial charge is 0.0698 e. The fourth-order valence-corrected chi connectivity index (χ4v) is 2.25. The number of hydrogen-bond donors (Lipinski definition) is 1. The summed E-state index contributed by atoms with van der Waals surface area (Å²) in [6.07, 6.45) is 7.27. The third-order valence-corrected chi connectivity index (χ3v) is 3.51. The van der Waals surface area contributed by atoms with E-state index in [4.69, 9.17) is 19.3 Å². The Morgan fingerprint density at radius 3 is 2.00 bits per heavy atom. The molecule has 134 valence electrons. The van der Waals surface area contributed by atoms with Crippen LogP contribution in [0, 0.1) is 0 Å². The summed E-state index contributed by atoms with van der Waals surface area (Å²) in [5, 5.41) is 8.73. The van der Waals surface area contributed by atoms with Gasteiger partial charge in [-0.3, -0.25) is 4.90 Å². The van der Waals surface area contributed by atoms with Gasteiger partial charge in [-0.15, -0.1) is 0 Å². The molecule has 0 heterocycles. The zero-order valence-electron chi connectivity index (χ0n) is 14.7. The van der Waals surface area contributed by atoms with Crippen molar-refractivity contribution < 1.29 is 19.3 Å². The van der Waals surface area contributed by atoms with E-state index in [0.29, 0.717) is 13.2 Å². The average Bonchev–Trinajstić information content (AvgIpc) is 2.53. The van der Waals surface area contributed by atoms with Gasteiger partial charge in [-0.25, -0.2) is 0 Å². The van der Waals surface area contributed by atoms with Gasteiger partial charge in [0.05, 0.1) is 26.4 Å². The number of aliphatic hydroxyl groups excluding tert-OH is 1. The number of nitrogens with zero attached hydrogens (tertiary/aromatic N) is 1. The van der Waals surface area contributed by atoms with Crippen LogP contribution in [0.25, 0.3) is 0 Å². The summed E-state index contributed by atoms with van der Waals surface area (Å²) >= 11 is 0. The average molecular weight is 319 g/mol. The second kappa shape index (κ2) is 18.8. The molecule has 0 aliphatic heterocycles. The third kappa shape index (κ3) is 16.2. The quantitative estimate of drug-likeness (QED) is 0.393. The number of hydrogen-bond acceptors (Lipinski definition) is 5. The molecule has 0 aliphatic carbocycles. The predicted octanol–water partition coefficient (Wildman–Crippen LogP) is 2.32. The first-order chi connectivity index (χ1) is 10.8. The fraction of sp³-hybridized carbons (Fsp3) is 1.00. The number of unbranched alkanes of at least 4 members (excludes halogenated alkanes) is 4. The molecule has 0 aromatic heterocycles. The predicted molar refractivity (Wildman–Crippen MR) is 90.4 cm³/mol. The van der Waals surface area contributed by atoms with E-state index in [-0.39, 0.29) is 6.61 Å². The Kier molecular flexibility index (Phi) is 18.7. The second-order valence-corrected chi connectivity index (χ2v) is 5.55. The minimum Gasteiger partial charge on any atom is -0.394 e. The molecule has 0 unspecified atom stereocenters. The third-order valence-electron chi connectivity index (χ3n) is 3.51. The van der Waals surface area contributed by atoms with Gasteiger partial charge in [-0.2, -0.15) is 0 Å². The molecule has 0 fully saturated rings. The standard InChI is InChI=1S/C17H37NO4/c1-3-13-21-15-10-18(11-16-22-17-12-19)9-7-5-4-6-8-14-20-2/h19H,3-17H2,1-2H3. The highest BCUT2D eigenvalue weighted by Crippen LogP contribution is 2.04. The van der Waals surface area contributed by atoms with Gasteiger partial charge in [0.2, 0.25) is 0 Å². The van der Waals surface area contributed by atoms with Crippen LogP contribution in [-0.2, 0) is 14.2 Å². The lowest BCUT2D eigenvalue weighted by molar-refractivity contribution is 0.0588. The number of rotatable bonds is 18. The summed E-state index contributed by atoms with van der Waals surface area (Å²) in [4.78, 5) is 2.40. The van der Waals surface area contributed by atoms with E-state index in [9.17, 15) is 0 Å². The Labute approximate surface area is 136 Å². The first-order valence-electron chi connectivity index (χ1n) is 8.82. The molecule has 1 N–H and O–H groups in total. The Morgan fingerprint density at radius 2 is 1.36 bits per heavy atom. The van der Waals surface area contributed by atoms with Crippen LogP contribution in [-0.4, -0.2) is 76.4 Å². The molecular formula is C17H37NO4. The summed E-state index contributed by atoms with van der Waals surface area (Å²) in [5.41, 5.74) is 0. The zero-order chi connectivity index (χ0) is 16.3. The van der Waals surface area contributed by atoms with E-state index >= 15 is 0 Å². The van der Waals surface area contributed by atoms with Crippen molar-refractivity contribution in [2.75, 3.05) is 66.4 Å². The molecule has 5 nitrogen and oxygen atoms in total. The summed E-state index contributed by atoms with van der Waals surface area (Å²) < 4.78 is 16.0. The van der Waals surface area contributed by atoms with Gasteiger partial charge in [-0.1, -0.05) is 26.2 Å². The minimum absolute atomic E-state index is 0.0983. The van der Waals surface area contributed by atoms with Gasteiger partial charge >= 0.3 is 0 Å². The molecule has 0 spiro atoms. The highest BCUT2D eigenvalue weighted by atomic mass is 16.5. The molecule has 0 bridgehead atoms. The van der Waals surface area contributed by atoms with Crippen LogP contribution >= 0.6 is 0 Å². The summed E-state index contributed by atoms with van der Waals surface area (Å²) in [7, 11) is 1.76. The van der Waals surface area contributed by atoms with Crippen molar-refractivity contribution in [3.05, 3.63) is 0 Å². The molecule has 0 saturated carbocycles. The lowest BCUT2D eigenvalue weighted by Gasteiger charge is -2.22. The Balaban J connectivity index is 3.66. The SMILES string of the molecule is CCCOCCN(CCCCCCCOC)CCOCCO. The molecule has 5 heteroatoms. The first-order valence-corrected chi connectivity index (χ1v) is 8.82. The normalized spacial score (nSPS) is 11.5. The van der Waals surface area contributed by atoms with Gasteiger partial charge in [0.15, 0.2) is 0 Å². The molecule has 0 radical (unpaired) electrons. The van der Waals surface area contributed by atoms with Crippen molar-refractivity contribution in [2.24, 2.45) is 0 Å². The van der Waals surface area contributed by atoms with Gasteiger partial charge in [-0.05, 0) is 25.8 Å². The van der Waals surface area contributed by atoms with Gasteiger partial charge in [0, 0.05) is 33.4 Å². The monoisotopic (exact) mass is 319 g/mol. The van der Waals surface area contributed by atoms with Crippen LogP contribution in [0.3, 0.4) is 0 Å². The number of aliphatic hydroxyl groups is 1. The van der Waals surface area contributed by atoms with E-state index in [1.165, 1.54) is 32.1 Å². The maximum absolute atomic E-state index is 8.73. The maximum atomic E-state index is 8.73. The molecule has 0 aliphatic rings. The highest BCUT2D eigenvalue weighted by Gasteiger charge is 2.05. The van der Waals surface area contributed by atoms with Crippen LogP contribution in [0.5, 0.6) is 0 Å². The van der Waals surface area contributed by atoms with Crippen molar-refractivity contribution in [3.63, 3.8) is 0 Å². The highest BCUT2D eigenvalue weighted by molar-refractivity contribution is 4.58. The summed E-state index contributed by atoms with van der Waals surface area (Å²) in [6.45, 7) is 8.83. The van der Waals surface area contributed by atoms with Gasteiger partial charge in [0.1, 0.15) is 0 Å². The molecule has 0 saturated heterocycles. The summed E-state index contributed by atoms with van der Waals surface area (Å²) in [5.74, 6) is 0. The molecule has 0 atom stereocenters. The van der Waals surface area contributed by atoms with Crippen LogP contribution in [0.2, 0.25) is 0 Å². The van der Waals surface area contributed by atoms with E-state index in [1.807, 2.05) is 0 Å². The molecule has 0 rings (SSSR count). The first kappa shape index (κ1) is 21.8. The van der Waals surface area contributed by atoms with Crippen molar-refractivity contribution in [1.29, 1.82) is 0 Å². The van der Waals surface area contributed by atoms with E-state index in [1.54, 1.807) is 7.11 Å². The van der Waals surface area contributed by atoms with Crippen LogP contribution in [0.1, 0.15) is 45.4 Å². The van der Waals surface area contributed by atoms with Crippen LogP contribution < -0.4 is 0 Å². The number of ether oxygens (including phenoxy) is 3. The fourth-order valence-electron chi connectivity index (χ4n) is 2.25. The Morgan fingerprint density at radius 1 is 0.727 bits per heavy atom. The Bertz CT molecular complexity index is 193. The van der Waals surface area contributed by atoms with Crippen molar-refractivity contribution >= 4 is 0 Å². The topological polar surface area (TPSA) is 51.2 Å². The zero-order valence-corrected chi connectivity index (χ0v) is 14.7. The van der Waals surface area contributed by atoms with Crippen LogP contribution in [0.4, 0.5) is 0 Å². The molecular weight excluding hydrogens is 282 g/mol. The maximum Gasteiger partial charge on any atom is 0.0698 e. The number of methoxy groups -OCH3 is 1. The van der Waals surface area contributed by atoms with Crippen LogP contribution in [0.15, 0.2) is 0 Å².